The maximum atomic E-state index is 12.9. The molecule has 0 fully saturated rings. The first kappa shape index (κ1) is 19.1. The van der Waals surface area contributed by atoms with Crippen LogP contribution in [0.25, 0.3) is 0 Å². The number of amidine groups is 2. The van der Waals surface area contributed by atoms with Crippen LogP contribution >= 0.6 is 23.4 Å². The number of amides is 1. The van der Waals surface area contributed by atoms with Gasteiger partial charge in [-0.05, 0) is 29.3 Å². The summed E-state index contributed by atoms with van der Waals surface area (Å²) in [6.07, 6.45) is 0.584. The third-order valence-electron chi connectivity index (χ3n) is 5.19. The lowest BCUT2D eigenvalue weighted by Gasteiger charge is -2.31. The van der Waals surface area contributed by atoms with Crippen molar-refractivity contribution in [2.75, 3.05) is 0 Å². The molecule has 0 saturated carbocycles. The van der Waals surface area contributed by atoms with Gasteiger partial charge >= 0.3 is 0 Å². The largest absolute Gasteiger partial charge is 0.292 e. The smallest absolute Gasteiger partial charge is 0.271 e. The summed E-state index contributed by atoms with van der Waals surface area (Å²) in [5.74, 6) is 1.22. The van der Waals surface area contributed by atoms with E-state index in [0.29, 0.717) is 18.0 Å². The Morgan fingerprint density at radius 3 is 2.47 bits per heavy atom. The van der Waals surface area contributed by atoms with Crippen LogP contribution in [0.2, 0.25) is 5.02 Å². The summed E-state index contributed by atoms with van der Waals surface area (Å²) in [4.78, 5) is 24.2. The van der Waals surface area contributed by atoms with Crippen molar-refractivity contribution < 1.29 is 4.79 Å². The Morgan fingerprint density at radius 2 is 1.63 bits per heavy atom. The number of fused-ring (bicyclic) bond motifs is 3. The van der Waals surface area contributed by atoms with E-state index in [1.165, 1.54) is 0 Å². The van der Waals surface area contributed by atoms with E-state index < -0.39 is 6.04 Å². The number of thioether (sulfide) groups is 1. The van der Waals surface area contributed by atoms with Crippen LogP contribution < -0.4 is 0 Å². The van der Waals surface area contributed by atoms with E-state index in [1.54, 1.807) is 11.8 Å². The maximum absolute atomic E-state index is 12.9. The van der Waals surface area contributed by atoms with Crippen molar-refractivity contribution in [2.24, 2.45) is 9.98 Å². The third kappa shape index (κ3) is 3.55. The van der Waals surface area contributed by atoms with Gasteiger partial charge in [-0.1, -0.05) is 84.0 Å². The van der Waals surface area contributed by atoms with Gasteiger partial charge in [0.25, 0.3) is 5.91 Å². The fourth-order valence-corrected chi connectivity index (χ4v) is 5.03. The summed E-state index contributed by atoms with van der Waals surface area (Å²) in [5, 5.41) is 1.51. The first-order valence-electron chi connectivity index (χ1n) is 9.71. The van der Waals surface area contributed by atoms with Gasteiger partial charge in [-0.2, -0.15) is 4.99 Å². The number of halogens is 1. The Hall–Kier alpha value is -2.89. The highest BCUT2D eigenvalue weighted by molar-refractivity contribution is 8.13. The predicted molar refractivity (Wildman–Crippen MR) is 124 cm³/mol. The molecule has 0 N–H and O–H groups in total. The van der Waals surface area contributed by atoms with Crippen molar-refractivity contribution in [2.45, 2.75) is 18.2 Å². The Kier molecular flexibility index (Phi) is 5.15. The number of carbonyl (C=O) groups excluding carboxylic acids is 1. The molecule has 2 aliphatic heterocycles. The van der Waals surface area contributed by atoms with Crippen LogP contribution in [0.5, 0.6) is 0 Å². The number of rotatable bonds is 4. The molecule has 0 bridgehead atoms. The van der Waals surface area contributed by atoms with Gasteiger partial charge in [-0.15, -0.1) is 0 Å². The molecule has 0 aromatic heterocycles. The molecule has 6 heteroatoms. The summed E-state index contributed by atoms with van der Waals surface area (Å²) >= 11 is 7.93. The van der Waals surface area contributed by atoms with Crippen molar-refractivity contribution in [1.82, 2.24) is 4.90 Å². The molecule has 2 heterocycles. The molecule has 4 nitrogen and oxygen atoms in total. The minimum Gasteiger partial charge on any atom is -0.292 e. The first-order chi connectivity index (χ1) is 14.7. The van der Waals surface area contributed by atoms with Crippen LogP contribution in [0, 0.1) is 0 Å². The van der Waals surface area contributed by atoms with E-state index in [4.69, 9.17) is 16.6 Å². The van der Waals surface area contributed by atoms with E-state index >= 15 is 0 Å². The molecule has 0 saturated heterocycles. The highest BCUT2D eigenvalue weighted by Crippen LogP contribution is 2.36. The molecule has 0 radical (unpaired) electrons. The highest BCUT2D eigenvalue weighted by Gasteiger charge is 2.41. The summed E-state index contributed by atoms with van der Waals surface area (Å²) in [7, 11) is 0. The molecule has 0 spiro atoms. The van der Waals surface area contributed by atoms with Gasteiger partial charge in [-0.3, -0.25) is 9.69 Å². The Bertz CT molecular complexity index is 1180. The quantitative estimate of drug-likeness (QED) is 0.549. The molecule has 0 aliphatic carbocycles. The van der Waals surface area contributed by atoms with Crippen LogP contribution in [0.3, 0.4) is 0 Å². The van der Waals surface area contributed by atoms with Gasteiger partial charge in [0.05, 0.1) is 5.69 Å². The predicted octanol–water partition coefficient (Wildman–Crippen LogP) is 5.47. The van der Waals surface area contributed by atoms with Crippen LogP contribution in [-0.4, -0.2) is 27.9 Å². The topological polar surface area (TPSA) is 45.0 Å². The van der Waals surface area contributed by atoms with Crippen LogP contribution in [0.4, 0.5) is 5.69 Å². The summed E-state index contributed by atoms with van der Waals surface area (Å²) in [6.45, 7) is 0. The number of hydrogen-bond acceptors (Lipinski definition) is 4. The lowest BCUT2D eigenvalue weighted by atomic mass is 10.0. The molecule has 3 aromatic rings. The second kappa shape index (κ2) is 8.09. The van der Waals surface area contributed by atoms with E-state index in [-0.39, 0.29) is 5.91 Å². The van der Waals surface area contributed by atoms with Crippen molar-refractivity contribution in [3.63, 3.8) is 0 Å². The monoisotopic (exact) mass is 431 g/mol. The fraction of sp³-hybridized carbons (Fsp3) is 0.125. The number of hydrogen-bond donors (Lipinski definition) is 0. The number of benzene rings is 3. The molecular weight excluding hydrogens is 414 g/mol. The summed E-state index contributed by atoms with van der Waals surface area (Å²) < 4.78 is 0. The van der Waals surface area contributed by atoms with Gasteiger partial charge in [-0.25, -0.2) is 4.99 Å². The molecule has 30 heavy (non-hydrogen) atoms. The molecule has 1 atom stereocenters. The van der Waals surface area contributed by atoms with Crippen molar-refractivity contribution >= 4 is 46.0 Å². The fourth-order valence-electron chi connectivity index (χ4n) is 3.70. The van der Waals surface area contributed by atoms with Gasteiger partial charge in [0, 0.05) is 22.8 Å². The normalized spacial score (nSPS) is 17.3. The summed E-state index contributed by atoms with van der Waals surface area (Å²) in [6, 6.07) is 25.3. The van der Waals surface area contributed by atoms with Crippen LogP contribution in [0.15, 0.2) is 88.8 Å². The standard InChI is InChI=1S/C24H18ClN3OS/c25-19-12-6-4-10-17(19)15-30-24-26-20-13-7-5-11-18(20)22-27-23(29)21(28(22)24)14-16-8-2-1-3-9-16/h1-13,21H,14-15H2. The van der Waals surface area contributed by atoms with Gasteiger partial charge in [0.1, 0.15) is 11.9 Å². The Balaban J connectivity index is 1.50. The van der Waals surface area contributed by atoms with Crippen molar-refractivity contribution in [3.05, 3.63) is 101 Å². The highest BCUT2D eigenvalue weighted by atomic mass is 35.5. The SMILES string of the molecule is O=C1N=C2c3ccccc3N=C(SCc3ccccc3Cl)N2C1Cc1ccccc1. The molecular formula is C24H18ClN3OS. The molecule has 5 rings (SSSR count). The van der Waals surface area contributed by atoms with E-state index in [2.05, 4.69) is 4.99 Å². The average Bonchev–Trinajstić information content (AvgIpc) is 3.10. The number of aliphatic imine (C=N–C) groups is 2. The van der Waals surface area contributed by atoms with Gasteiger partial charge in [0.2, 0.25) is 0 Å². The number of para-hydroxylation sites is 1. The first-order valence-corrected chi connectivity index (χ1v) is 11.1. The Morgan fingerprint density at radius 1 is 0.900 bits per heavy atom. The second-order valence-electron chi connectivity index (χ2n) is 7.14. The zero-order valence-corrected chi connectivity index (χ0v) is 17.6. The second-order valence-corrected chi connectivity index (χ2v) is 8.49. The lowest BCUT2D eigenvalue weighted by molar-refractivity contribution is -0.119. The van der Waals surface area contributed by atoms with E-state index in [9.17, 15) is 4.79 Å². The minimum atomic E-state index is -0.395. The van der Waals surface area contributed by atoms with Crippen LogP contribution in [-0.2, 0) is 17.0 Å². The van der Waals surface area contributed by atoms with Crippen molar-refractivity contribution in [3.8, 4) is 0 Å². The van der Waals surface area contributed by atoms with Crippen molar-refractivity contribution in [1.29, 1.82) is 0 Å². The van der Waals surface area contributed by atoms with Crippen LogP contribution in [0.1, 0.15) is 16.7 Å². The minimum absolute atomic E-state index is 0.128. The molecule has 1 amide bonds. The molecule has 1 unspecified atom stereocenters. The third-order valence-corrected chi connectivity index (χ3v) is 6.56. The van der Waals surface area contributed by atoms with Gasteiger partial charge < -0.3 is 0 Å². The van der Waals surface area contributed by atoms with Gasteiger partial charge in [0.15, 0.2) is 5.17 Å². The van der Waals surface area contributed by atoms with E-state index in [0.717, 1.165) is 32.6 Å². The number of carbonyl (C=O) groups is 1. The molecule has 3 aromatic carbocycles. The maximum Gasteiger partial charge on any atom is 0.271 e. The number of nitrogens with zero attached hydrogens (tertiary/aromatic N) is 3. The zero-order chi connectivity index (χ0) is 20.5. The molecule has 148 valence electrons. The Labute approximate surface area is 184 Å². The molecule has 2 aliphatic rings. The van der Waals surface area contributed by atoms with E-state index in [1.807, 2.05) is 83.8 Å². The average molecular weight is 432 g/mol. The lowest BCUT2D eigenvalue weighted by Crippen LogP contribution is -2.44. The zero-order valence-electron chi connectivity index (χ0n) is 16.0. The summed E-state index contributed by atoms with van der Waals surface area (Å²) in [5.41, 5.74) is 3.86.